The average Bonchev–Trinajstić information content (AvgIpc) is 2.64. The fraction of sp³-hybridized carbons (Fsp3) is 0.333. The molecule has 3 rings (SSSR count). The summed E-state index contributed by atoms with van der Waals surface area (Å²) < 4.78 is 11.3. The third kappa shape index (κ3) is 0.969. The maximum atomic E-state index is 5.87. The van der Waals surface area contributed by atoms with Crippen molar-refractivity contribution in [3.05, 3.63) is 30.0 Å². The summed E-state index contributed by atoms with van der Waals surface area (Å²) in [7, 11) is 0. The number of benzene rings is 1. The van der Waals surface area contributed by atoms with Crippen LogP contribution in [0.5, 0.6) is 5.75 Å². The highest BCUT2D eigenvalue weighted by molar-refractivity contribution is 5.85. The van der Waals surface area contributed by atoms with Gasteiger partial charge in [-0.15, -0.1) is 0 Å². The molecular formula is C12H12O2. The summed E-state index contributed by atoms with van der Waals surface area (Å²) in [4.78, 5) is 0. The lowest BCUT2D eigenvalue weighted by Gasteiger charge is -2.16. The minimum absolute atomic E-state index is 0.0938. The summed E-state index contributed by atoms with van der Waals surface area (Å²) in [5.74, 6) is 0.928. The van der Waals surface area contributed by atoms with Crippen molar-refractivity contribution in [1.29, 1.82) is 0 Å². The number of ether oxygens (including phenoxy) is 1. The highest BCUT2D eigenvalue weighted by Gasteiger charge is 2.32. The van der Waals surface area contributed by atoms with Gasteiger partial charge in [0.25, 0.3) is 0 Å². The Morgan fingerprint density at radius 3 is 2.93 bits per heavy atom. The maximum Gasteiger partial charge on any atom is 0.176 e. The minimum Gasteiger partial charge on any atom is -0.483 e. The van der Waals surface area contributed by atoms with Crippen molar-refractivity contribution in [2.24, 2.45) is 0 Å². The summed E-state index contributed by atoms with van der Waals surface area (Å²) in [6.45, 7) is 4.20. The van der Waals surface area contributed by atoms with Crippen LogP contribution in [0.1, 0.15) is 19.4 Å². The molecule has 72 valence electrons. The van der Waals surface area contributed by atoms with E-state index in [0.717, 1.165) is 23.1 Å². The summed E-state index contributed by atoms with van der Waals surface area (Å²) in [5.41, 5.74) is 2.04. The first-order chi connectivity index (χ1) is 6.66. The van der Waals surface area contributed by atoms with Gasteiger partial charge in [-0.25, -0.2) is 0 Å². The number of furan rings is 1. The normalized spacial score (nSPS) is 18.1. The lowest BCUT2D eigenvalue weighted by molar-refractivity contribution is 0.139. The van der Waals surface area contributed by atoms with E-state index >= 15 is 0 Å². The first kappa shape index (κ1) is 7.92. The second-order valence-corrected chi connectivity index (χ2v) is 4.43. The second-order valence-electron chi connectivity index (χ2n) is 4.43. The molecule has 0 amide bonds. The molecule has 0 bridgehead atoms. The van der Waals surface area contributed by atoms with E-state index in [1.807, 2.05) is 6.07 Å². The predicted octanol–water partition coefficient (Wildman–Crippen LogP) is 3.15. The number of fused-ring (bicyclic) bond motifs is 3. The lowest BCUT2D eigenvalue weighted by atomic mass is 10.0. The Balaban J connectivity index is 2.29. The molecule has 0 N–H and O–H groups in total. The van der Waals surface area contributed by atoms with E-state index in [4.69, 9.17) is 9.15 Å². The van der Waals surface area contributed by atoms with Crippen LogP contribution in [0, 0.1) is 0 Å². The zero-order valence-electron chi connectivity index (χ0n) is 8.33. The van der Waals surface area contributed by atoms with Crippen molar-refractivity contribution >= 4 is 11.0 Å². The van der Waals surface area contributed by atoms with Crippen molar-refractivity contribution in [3.63, 3.8) is 0 Å². The van der Waals surface area contributed by atoms with E-state index in [1.54, 1.807) is 6.26 Å². The van der Waals surface area contributed by atoms with Crippen LogP contribution in [-0.4, -0.2) is 5.60 Å². The van der Waals surface area contributed by atoms with Gasteiger partial charge in [-0.2, -0.15) is 0 Å². The van der Waals surface area contributed by atoms with E-state index in [0.29, 0.717) is 0 Å². The van der Waals surface area contributed by atoms with E-state index in [9.17, 15) is 0 Å². The van der Waals surface area contributed by atoms with Gasteiger partial charge in [0, 0.05) is 17.4 Å². The highest BCUT2D eigenvalue weighted by Crippen LogP contribution is 2.40. The van der Waals surface area contributed by atoms with Crippen LogP contribution in [0.2, 0.25) is 0 Å². The van der Waals surface area contributed by atoms with Gasteiger partial charge in [-0.3, -0.25) is 0 Å². The first-order valence-electron chi connectivity index (χ1n) is 4.84. The first-order valence-corrected chi connectivity index (χ1v) is 4.84. The molecule has 0 radical (unpaired) electrons. The van der Waals surface area contributed by atoms with Crippen LogP contribution in [0.3, 0.4) is 0 Å². The lowest BCUT2D eigenvalue weighted by Crippen LogP contribution is -2.24. The van der Waals surface area contributed by atoms with Gasteiger partial charge in [0.05, 0.1) is 6.26 Å². The molecule has 14 heavy (non-hydrogen) atoms. The molecule has 2 aromatic rings. The highest BCUT2D eigenvalue weighted by atomic mass is 16.5. The predicted molar refractivity (Wildman–Crippen MR) is 54.6 cm³/mol. The van der Waals surface area contributed by atoms with Gasteiger partial charge in [-0.05, 0) is 19.9 Å². The molecule has 1 aromatic heterocycles. The molecule has 2 heterocycles. The fourth-order valence-corrected chi connectivity index (χ4v) is 2.07. The van der Waals surface area contributed by atoms with Crippen LogP contribution >= 0.6 is 0 Å². The number of hydrogen-bond donors (Lipinski definition) is 0. The topological polar surface area (TPSA) is 22.4 Å². The van der Waals surface area contributed by atoms with Gasteiger partial charge in [0.2, 0.25) is 0 Å². The van der Waals surface area contributed by atoms with Crippen LogP contribution in [-0.2, 0) is 6.42 Å². The van der Waals surface area contributed by atoms with Crippen LogP contribution < -0.4 is 4.74 Å². The Morgan fingerprint density at radius 2 is 2.07 bits per heavy atom. The standard InChI is InChI=1S/C12H12O2/c1-12(2)7-9-4-3-8-5-6-13-10(8)11(9)14-12/h3-6H,7H2,1-2H3. The van der Waals surface area contributed by atoms with Gasteiger partial charge in [-0.1, -0.05) is 12.1 Å². The maximum absolute atomic E-state index is 5.87. The monoisotopic (exact) mass is 188 g/mol. The van der Waals surface area contributed by atoms with Gasteiger partial charge < -0.3 is 9.15 Å². The van der Waals surface area contributed by atoms with Crippen LogP contribution in [0.15, 0.2) is 28.9 Å². The molecule has 1 aromatic carbocycles. The number of hydrogen-bond acceptors (Lipinski definition) is 2. The molecule has 0 spiro atoms. The van der Waals surface area contributed by atoms with E-state index in [-0.39, 0.29) is 5.60 Å². The summed E-state index contributed by atoms with van der Waals surface area (Å²) >= 11 is 0. The van der Waals surface area contributed by atoms with E-state index < -0.39 is 0 Å². The zero-order valence-corrected chi connectivity index (χ0v) is 8.33. The molecule has 2 nitrogen and oxygen atoms in total. The summed E-state index contributed by atoms with van der Waals surface area (Å²) in [6, 6.07) is 6.18. The molecule has 0 aliphatic carbocycles. The smallest absolute Gasteiger partial charge is 0.176 e. The largest absolute Gasteiger partial charge is 0.483 e. The van der Waals surface area contributed by atoms with Gasteiger partial charge in [0.1, 0.15) is 5.60 Å². The molecule has 0 fully saturated rings. The Bertz CT molecular complexity index is 494. The van der Waals surface area contributed by atoms with Crippen molar-refractivity contribution < 1.29 is 9.15 Å². The zero-order chi connectivity index (χ0) is 9.76. The molecule has 0 saturated heterocycles. The van der Waals surface area contributed by atoms with E-state index in [1.165, 1.54) is 5.56 Å². The summed E-state index contributed by atoms with van der Waals surface area (Å²) in [5, 5.41) is 1.11. The number of rotatable bonds is 0. The van der Waals surface area contributed by atoms with Gasteiger partial charge >= 0.3 is 0 Å². The Hall–Kier alpha value is -1.44. The fourth-order valence-electron chi connectivity index (χ4n) is 2.07. The van der Waals surface area contributed by atoms with Crippen molar-refractivity contribution in [1.82, 2.24) is 0 Å². The van der Waals surface area contributed by atoms with Gasteiger partial charge in [0.15, 0.2) is 11.3 Å². The second kappa shape index (κ2) is 2.32. The molecule has 1 aliphatic rings. The summed E-state index contributed by atoms with van der Waals surface area (Å²) in [6.07, 6.45) is 2.67. The molecule has 1 aliphatic heterocycles. The Morgan fingerprint density at radius 1 is 1.21 bits per heavy atom. The quantitative estimate of drug-likeness (QED) is 0.633. The van der Waals surface area contributed by atoms with Crippen LogP contribution in [0.25, 0.3) is 11.0 Å². The van der Waals surface area contributed by atoms with Crippen molar-refractivity contribution in [3.8, 4) is 5.75 Å². The molecule has 0 atom stereocenters. The Labute approximate surface area is 82.5 Å². The van der Waals surface area contributed by atoms with Crippen molar-refractivity contribution in [2.75, 3.05) is 0 Å². The van der Waals surface area contributed by atoms with E-state index in [2.05, 4.69) is 26.0 Å². The van der Waals surface area contributed by atoms with Crippen molar-refractivity contribution in [2.45, 2.75) is 25.9 Å². The SMILES string of the molecule is CC1(C)Cc2ccc3ccoc3c2O1. The minimum atomic E-state index is -0.0938. The molecule has 0 unspecified atom stereocenters. The third-order valence-corrected chi connectivity index (χ3v) is 2.65. The van der Waals surface area contributed by atoms with Crippen LogP contribution in [0.4, 0.5) is 0 Å². The molecule has 2 heteroatoms. The average molecular weight is 188 g/mol. The Kier molecular flexibility index (Phi) is 1.31. The molecule has 0 saturated carbocycles. The third-order valence-electron chi connectivity index (χ3n) is 2.65. The molecular weight excluding hydrogens is 176 g/mol.